The lowest BCUT2D eigenvalue weighted by atomic mass is 10.1. The summed E-state index contributed by atoms with van der Waals surface area (Å²) in [6.07, 6.45) is -4.76. The van der Waals surface area contributed by atoms with Gasteiger partial charge in [0.25, 0.3) is 5.91 Å². The van der Waals surface area contributed by atoms with Crippen molar-refractivity contribution in [3.05, 3.63) is 58.6 Å². The fraction of sp³-hybridized carbons (Fsp3) is 0.176. The van der Waals surface area contributed by atoms with E-state index in [9.17, 15) is 31.5 Å². The van der Waals surface area contributed by atoms with Crippen LogP contribution in [0.3, 0.4) is 0 Å². The van der Waals surface area contributed by atoms with Gasteiger partial charge in [-0.25, -0.2) is 4.79 Å². The first-order valence-corrected chi connectivity index (χ1v) is 7.82. The Bertz CT molecular complexity index is 856. The molecule has 0 aliphatic heterocycles. The number of hydrogen-bond acceptors (Lipinski definition) is 4. The van der Waals surface area contributed by atoms with Gasteiger partial charge in [-0.2, -0.15) is 22.0 Å². The van der Waals surface area contributed by atoms with Crippen molar-refractivity contribution in [3.63, 3.8) is 0 Å². The molecule has 11 heteroatoms. The van der Waals surface area contributed by atoms with E-state index >= 15 is 0 Å². The Balaban J connectivity index is 1.97. The van der Waals surface area contributed by atoms with Crippen LogP contribution < -0.4 is 10.1 Å². The molecule has 0 heterocycles. The molecule has 28 heavy (non-hydrogen) atoms. The van der Waals surface area contributed by atoms with Crippen LogP contribution in [0, 0.1) is 0 Å². The van der Waals surface area contributed by atoms with E-state index in [1.54, 1.807) is 0 Å². The number of benzene rings is 2. The molecule has 0 spiro atoms. The molecule has 0 saturated carbocycles. The maximum Gasteiger partial charge on any atom is 0.418 e. The van der Waals surface area contributed by atoms with Crippen molar-refractivity contribution in [1.29, 1.82) is 0 Å². The lowest BCUT2D eigenvalue weighted by Gasteiger charge is -2.14. The standard InChI is InChI=1S/C17H11ClF5NO4/c18-10-3-6-13(12(7-10)17(21,22)23)24-14(25)8-27-15(26)9-1-4-11(5-2-9)28-16(19)20/h1-7,16H,8H2,(H,24,25). The van der Waals surface area contributed by atoms with Gasteiger partial charge < -0.3 is 14.8 Å². The van der Waals surface area contributed by atoms with Gasteiger partial charge in [-0.15, -0.1) is 0 Å². The molecule has 0 unspecified atom stereocenters. The van der Waals surface area contributed by atoms with Crippen LogP contribution in [0.25, 0.3) is 0 Å². The number of amides is 1. The second-order valence-electron chi connectivity index (χ2n) is 5.21. The van der Waals surface area contributed by atoms with Crippen LogP contribution in [0.1, 0.15) is 15.9 Å². The van der Waals surface area contributed by atoms with Gasteiger partial charge in [0, 0.05) is 5.02 Å². The van der Waals surface area contributed by atoms with Crippen molar-refractivity contribution in [1.82, 2.24) is 0 Å². The van der Waals surface area contributed by atoms with Gasteiger partial charge in [0.1, 0.15) is 5.75 Å². The lowest BCUT2D eigenvalue weighted by Crippen LogP contribution is -2.22. The third kappa shape index (κ3) is 6.08. The monoisotopic (exact) mass is 423 g/mol. The molecule has 0 atom stereocenters. The molecule has 0 aliphatic rings. The minimum Gasteiger partial charge on any atom is -0.452 e. The largest absolute Gasteiger partial charge is 0.452 e. The summed E-state index contributed by atoms with van der Waals surface area (Å²) in [6, 6.07) is 7.19. The molecule has 0 aromatic heterocycles. The predicted octanol–water partition coefficient (Wildman–Crippen LogP) is 4.76. The zero-order valence-electron chi connectivity index (χ0n) is 13.7. The Morgan fingerprint density at radius 1 is 1.07 bits per heavy atom. The zero-order chi connectivity index (χ0) is 20.9. The van der Waals surface area contributed by atoms with E-state index in [0.29, 0.717) is 6.07 Å². The van der Waals surface area contributed by atoms with Crippen LogP contribution in [0.4, 0.5) is 27.6 Å². The number of nitrogens with one attached hydrogen (secondary N) is 1. The highest BCUT2D eigenvalue weighted by atomic mass is 35.5. The highest BCUT2D eigenvalue weighted by molar-refractivity contribution is 6.30. The molecular weight excluding hydrogens is 413 g/mol. The molecule has 1 amide bonds. The number of carbonyl (C=O) groups is 2. The van der Waals surface area contributed by atoms with Crippen molar-refractivity contribution in [2.24, 2.45) is 0 Å². The van der Waals surface area contributed by atoms with E-state index in [1.165, 1.54) is 0 Å². The van der Waals surface area contributed by atoms with Crippen LogP contribution in [0.15, 0.2) is 42.5 Å². The molecule has 5 nitrogen and oxygen atoms in total. The molecule has 2 rings (SSSR count). The second kappa shape index (κ2) is 8.87. The fourth-order valence-electron chi connectivity index (χ4n) is 2.03. The van der Waals surface area contributed by atoms with Crippen molar-refractivity contribution in [3.8, 4) is 5.75 Å². The summed E-state index contributed by atoms with van der Waals surface area (Å²) >= 11 is 5.54. The molecule has 0 radical (unpaired) electrons. The van der Waals surface area contributed by atoms with Crippen molar-refractivity contribution >= 4 is 29.2 Å². The smallest absolute Gasteiger partial charge is 0.418 e. The summed E-state index contributed by atoms with van der Waals surface area (Å²) in [4.78, 5) is 23.6. The number of carbonyl (C=O) groups excluding carboxylic acids is 2. The first-order valence-electron chi connectivity index (χ1n) is 7.45. The number of rotatable bonds is 6. The van der Waals surface area contributed by atoms with E-state index in [-0.39, 0.29) is 16.3 Å². The maximum atomic E-state index is 13.0. The number of alkyl halides is 5. The van der Waals surface area contributed by atoms with E-state index in [1.807, 2.05) is 5.32 Å². The van der Waals surface area contributed by atoms with Gasteiger partial charge in [0.2, 0.25) is 0 Å². The molecule has 0 fully saturated rings. The Labute approximate surface area is 160 Å². The Morgan fingerprint density at radius 2 is 1.71 bits per heavy atom. The van der Waals surface area contributed by atoms with Gasteiger partial charge in [0.15, 0.2) is 6.61 Å². The predicted molar refractivity (Wildman–Crippen MR) is 88.4 cm³/mol. The first kappa shape index (κ1) is 21.4. The molecule has 2 aromatic rings. The van der Waals surface area contributed by atoms with Crippen LogP contribution in [-0.4, -0.2) is 25.1 Å². The maximum absolute atomic E-state index is 13.0. The Kier molecular flexibility index (Phi) is 6.79. The van der Waals surface area contributed by atoms with Gasteiger partial charge in [-0.05, 0) is 42.5 Å². The molecule has 1 N–H and O–H groups in total. The number of halogens is 6. The van der Waals surface area contributed by atoms with Gasteiger partial charge in [-0.3, -0.25) is 4.79 Å². The van der Waals surface area contributed by atoms with Gasteiger partial charge >= 0.3 is 18.8 Å². The average molecular weight is 424 g/mol. The van der Waals surface area contributed by atoms with E-state index < -0.39 is 42.5 Å². The normalized spacial score (nSPS) is 11.2. The summed E-state index contributed by atoms with van der Waals surface area (Å²) < 4.78 is 71.8. The average Bonchev–Trinajstić information content (AvgIpc) is 2.60. The summed E-state index contributed by atoms with van der Waals surface area (Å²) in [5.41, 5.74) is -1.78. The van der Waals surface area contributed by atoms with Gasteiger partial charge in [0.05, 0.1) is 16.8 Å². The van der Waals surface area contributed by atoms with E-state index in [2.05, 4.69) is 9.47 Å². The Hall–Kier alpha value is -2.88. The SMILES string of the molecule is O=C(COC(=O)c1ccc(OC(F)F)cc1)Nc1ccc(Cl)cc1C(F)(F)F. The quantitative estimate of drug-likeness (QED) is 0.537. The third-order valence-corrected chi connectivity index (χ3v) is 3.45. The minimum absolute atomic E-state index is 0.0723. The molecule has 2 aromatic carbocycles. The number of ether oxygens (including phenoxy) is 2. The van der Waals surface area contributed by atoms with Crippen LogP contribution in [0.5, 0.6) is 5.75 Å². The molecule has 0 bridgehead atoms. The van der Waals surface area contributed by atoms with Crippen molar-refractivity contribution in [2.75, 3.05) is 11.9 Å². The zero-order valence-corrected chi connectivity index (χ0v) is 14.5. The lowest BCUT2D eigenvalue weighted by molar-refractivity contribution is -0.137. The molecule has 150 valence electrons. The highest BCUT2D eigenvalue weighted by Crippen LogP contribution is 2.36. The van der Waals surface area contributed by atoms with Crippen LogP contribution in [-0.2, 0) is 15.7 Å². The summed E-state index contributed by atoms with van der Waals surface area (Å²) in [5, 5.41) is 1.81. The summed E-state index contributed by atoms with van der Waals surface area (Å²) in [7, 11) is 0. The van der Waals surface area contributed by atoms with Gasteiger partial charge in [-0.1, -0.05) is 11.6 Å². The number of esters is 1. The van der Waals surface area contributed by atoms with E-state index in [4.69, 9.17) is 11.6 Å². The number of anilines is 1. The van der Waals surface area contributed by atoms with Crippen LogP contribution >= 0.6 is 11.6 Å². The highest BCUT2D eigenvalue weighted by Gasteiger charge is 2.34. The second-order valence-corrected chi connectivity index (χ2v) is 5.65. The van der Waals surface area contributed by atoms with E-state index in [0.717, 1.165) is 36.4 Å². The van der Waals surface area contributed by atoms with Crippen molar-refractivity contribution in [2.45, 2.75) is 12.8 Å². The summed E-state index contributed by atoms with van der Waals surface area (Å²) in [6.45, 7) is -3.90. The minimum atomic E-state index is -4.76. The number of hydrogen-bond donors (Lipinski definition) is 1. The summed E-state index contributed by atoms with van der Waals surface area (Å²) in [5.74, 6) is -2.18. The first-order chi connectivity index (χ1) is 13.1. The third-order valence-electron chi connectivity index (χ3n) is 3.21. The fourth-order valence-corrected chi connectivity index (χ4v) is 2.21. The molecular formula is C17H11ClF5NO4. The van der Waals surface area contributed by atoms with Crippen LogP contribution in [0.2, 0.25) is 5.02 Å². The Morgan fingerprint density at radius 3 is 2.29 bits per heavy atom. The van der Waals surface area contributed by atoms with Crippen molar-refractivity contribution < 1.29 is 41.0 Å². The molecule has 0 saturated heterocycles. The molecule has 0 aliphatic carbocycles. The topological polar surface area (TPSA) is 64.6 Å².